The Balaban J connectivity index is 1.81. The Hall–Kier alpha value is -3.30. The van der Waals surface area contributed by atoms with Gasteiger partial charge in [-0.25, -0.2) is 13.1 Å². The summed E-state index contributed by atoms with van der Waals surface area (Å²) in [5.41, 5.74) is 5.19. The molecule has 1 N–H and O–H groups in total. The van der Waals surface area contributed by atoms with Crippen LogP contribution in [-0.4, -0.2) is 34.0 Å². The van der Waals surface area contributed by atoms with Crippen molar-refractivity contribution in [3.05, 3.63) is 70.8 Å². The molecule has 4 aromatic rings. The van der Waals surface area contributed by atoms with Crippen molar-refractivity contribution in [2.24, 2.45) is 14.1 Å². The monoisotopic (exact) mass is 423 g/mol. The van der Waals surface area contributed by atoms with E-state index in [1.165, 1.54) is 0 Å². The van der Waals surface area contributed by atoms with Crippen molar-refractivity contribution >= 4 is 21.1 Å². The first-order chi connectivity index (χ1) is 14.2. The van der Waals surface area contributed by atoms with E-state index in [1.54, 1.807) is 24.1 Å². The molecule has 0 aliphatic rings. The van der Waals surface area contributed by atoms with Crippen LogP contribution in [0, 0.1) is 0 Å². The molecular formula is C21H21N5O3S. The second-order valence-corrected chi connectivity index (χ2v) is 8.96. The van der Waals surface area contributed by atoms with Gasteiger partial charge in [-0.15, -0.1) is 0 Å². The average Bonchev–Trinajstić information content (AvgIpc) is 2.96. The second kappa shape index (κ2) is 7.51. The minimum atomic E-state index is -3.27. The Bertz CT molecular complexity index is 1400. The van der Waals surface area contributed by atoms with E-state index in [1.807, 2.05) is 54.2 Å². The third-order valence-electron chi connectivity index (χ3n) is 5.04. The minimum absolute atomic E-state index is 0.117. The Morgan fingerprint density at radius 2 is 1.53 bits per heavy atom. The molecule has 2 aromatic carbocycles. The van der Waals surface area contributed by atoms with Crippen LogP contribution in [0.1, 0.15) is 5.56 Å². The minimum Gasteiger partial charge on any atom is -0.285 e. The van der Waals surface area contributed by atoms with E-state index < -0.39 is 10.0 Å². The van der Waals surface area contributed by atoms with Gasteiger partial charge in [0.25, 0.3) is 5.56 Å². The second-order valence-electron chi connectivity index (χ2n) is 7.13. The first-order valence-corrected chi connectivity index (χ1v) is 11.1. The number of nitrogens with one attached hydrogen (secondary N) is 1. The fourth-order valence-corrected chi connectivity index (χ4v) is 3.85. The molecule has 0 atom stereocenters. The van der Waals surface area contributed by atoms with E-state index >= 15 is 0 Å². The maximum atomic E-state index is 13.0. The van der Waals surface area contributed by atoms with Crippen molar-refractivity contribution in [3.8, 4) is 22.4 Å². The molecular weight excluding hydrogens is 402 g/mol. The fraction of sp³-hybridized carbons (Fsp3) is 0.190. The van der Waals surface area contributed by atoms with Crippen LogP contribution in [0.2, 0.25) is 0 Å². The Labute approximate surface area is 173 Å². The van der Waals surface area contributed by atoms with Crippen molar-refractivity contribution in [1.82, 2.24) is 24.1 Å². The lowest BCUT2D eigenvalue weighted by Gasteiger charge is -2.09. The Morgan fingerprint density at radius 3 is 2.20 bits per heavy atom. The van der Waals surface area contributed by atoms with Gasteiger partial charge in [0, 0.05) is 38.6 Å². The lowest BCUT2D eigenvalue weighted by atomic mass is 10.00. The molecule has 9 heteroatoms. The third-order valence-corrected chi connectivity index (χ3v) is 5.71. The standard InChI is InChI=1S/C21H21N5O3S/c1-25-20(16-8-9-17-18(12-16)23-11-10-22-17)19(21(27)26(25)2)15-6-4-14(5-7-15)13-24-30(3,28)29/h4-12,24H,13H2,1-3H3. The summed E-state index contributed by atoms with van der Waals surface area (Å²) < 4.78 is 28.4. The molecule has 8 nitrogen and oxygen atoms in total. The fourth-order valence-electron chi connectivity index (χ4n) is 3.42. The molecule has 2 heterocycles. The van der Waals surface area contributed by atoms with Crippen LogP contribution >= 0.6 is 0 Å². The molecule has 2 aromatic heterocycles. The van der Waals surface area contributed by atoms with E-state index in [2.05, 4.69) is 14.7 Å². The summed E-state index contributed by atoms with van der Waals surface area (Å²) in [7, 11) is 0.290. The quantitative estimate of drug-likeness (QED) is 0.530. The topological polar surface area (TPSA) is 98.9 Å². The van der Waals surface area contributed by atoms with E-state index in [0.29, 0.717) is 5.56 Å². The summed E-state index contributed by atoms with van der Waals surface area (Å²) in [5, 5.41) is 0. The smallest absolute Gasteiger partial charge is 0.274 e. The van der Waals surface area contributed by atoms with Crippen molar-refractivity contribution < 1.29 is 8.42 Å². The predicted octanol–water partition coefficient (Wildman–Crippen LogP) is 2.05. The molecule has 0 saturated heterocycles. The van der Waals surface area contributed by atoms with Crippen LogP contribution < -0.4 is 10.3 Å². The maximum Gasteiger partial charge on any atom is 0.274 e. The van der Waals surface area contributed by atoms with Gasteiger partial charge < -0.3 is 0 Å². The molecule has 0 radical (unpaired) electrons. The van der Waals surface area contributed by atoms with E-state index in [0.717, 1.165) is 39.7 Å². The summed E-state index contributed by atoms with van der Waals surface area (Å²) >= 11 is 0. The molecule has 0 amide bonds. The van der Waals surface area contributed by atoms with Crippen LogP contribution in [0.4, 0.5) is 0 Å². The SMILES string of the molecule is Cn1c(-c2ccc3nccnc3c2)c(-c2ccc(CNS(C)(=O)=O)cc2)c(=O)n1C. The number of fused-ring (bicyclic) bond motifs is 1. The summed E-state index contributed by atoms with van der Waals surface area (Å²) in [6.45, 7) is 0.197. The van der Waals surface area contributed by atoms with Crippen LogP contribution in [0.3, 0.4) is 0 Å². The molecule has 0 aliphatic heterocycles. The lowest BCUT2D eigenvalue weighted by Crippen LogP contribution is -2.21. The van der Waals surface area contributed by atoms with Crippen molar-refractivity contribution in [2.45, 2.75) is 6.54 Å². The van der Waals surface area contributed by atoms with Crippen LogP contribution in [-0.2, 0) is 30.7 Å². The van der Waals surface area contributed by atoms with Gasteiger partial charge in [0.15, 0.2) is 0 Å². The number of hydrogen-bond acceptors (Lipinski definition) is 5. The first-order valence-electron chi connectivity index (χ1n) is 9.25. The number of benzene rings is 2. The molecule has 0 bridgehead atoms. The van der Waals surface area contributed by atoms with Gasteiger partial charge in [-0.3, -0.25) is 24.1 Å². The third kappa shape index (κ3) is 3.77. The maximum absolute atomic E-state index is 13.0. The highest BCUT2D eigenvalue weighted by Gasteiger charge is 2.20. The van der Waals surface area contributed by atoms with Gasteiger partial charge in [0.2, 0.25) is 10.0 Å². The van der Waals surface area contributed by atoms with Gasteiger partial charge >= 0.3 is 0 Å². The Kier molecular flexibility index (Phi) is 5.00. The molecule has 30 heavy (non-hydrogen) atoms. The van der Waals surface area contributed by atoms with Gasteiger partial charge in [-0.2, -0.15) is 0 Å². The Morgan fingerprint density at radius 1 is 0.900 bits per heavy atom. The first kappa shape index (κ1) is 20.0. The predicted molar refractivity (Wildman–Crippen MR) is 116 cm³/mol. The normalized spacial score (nSPS) is 11.8. The number of sulfonamides is 1. The van der Waals surface area contributed by atoms with Gasteiger partial charge in [0.1, 0.15) is 0 Å². The number of hydrogen-bond donors (Lipinski definition) is 1. The largest absolute Gasteiger partial charge is 0.285 e. The van der Waals surface area contributed by atoms with Crippen molar-refractivity contribution in [1.29, 1.82) is 0 Å². The molecule has 0 fully saturated rings. The molecule has 0 saturated carbocycles. The average molecular weight is 423 g/mol. The zero-order valence-electron chi connectivity index (χ0n) is 16.8. The molecule has 154 valence electrons. The van der Waals surface area contributed by atoms with Crippen molar-refractivity contribution in [3.63, 3.8) is 0 Å². The van der Waals surface area contributed by atoms with Gasteiger partial charge in [-0.1, -0.05) is 30.3 Å². The number of aromatic nitrogens is 4. The van der Waals surface area contributed by atoms with E-state index in [4.69, 9.17) is 0 Å². The molecule has 4 rings (SSSR count). The highest BCUT2D eigenvalue weighted by Crippen LogP contribution is 2.31. The van der Waals surface area contributed by atoms with Gasteiger partial charge in [-0.05, 0) is 23.3 Å². The lowest BCUT2D eigenvalue weighted by molar-refractivity contribution is 0.584. The zero-order chi connectivity index (χ0) is 21.5. The highest BCUT2D eigenvalue weighted by molar-refractivity contribution is 7.88. The summed E-state index contributed by atoms with van der Waals surface area (Å²) in [4.78, 5) is 21.7. The van der Waals surface area contributed by atoms with Crippen LogP contribution in [0.25, 0.3) is 33.4 Å². The molecule has 0 unspecified atom stereocenters. The zero-order valence-corrected chi connectivity index (χ0v) is 17.6. The number of rotatable bonds is 5. The molecule has 0 spiro atoms. The van der Waals surface area contributed by atoms with Gasteiger partial charge in [0.05, 0.1) is 28.5 Å². The van der Waals surface area contributed by atoms with Crippen LogP contribution in [0.5, 0.6) is 0 Å². The summed E-state index contributed by atoms with van der Waals surface area (Å²) in [5.74, 6) is 0. The molecule has 0 aliphatic carbocycles. The summed E-state index contributed by atoms with van der Waals surface area (Å²) in [6.07, 6.45) is 4.40. The van der Waals surface area contributed by atoms with E-state index in [-0.39, 0.29) is 12.1 Å². The number of nitrogens with zero attached hydrogens (tertiary/aromatic N) is 4. The van der Waals surface area contributed by atoms with E-state index in [9.17, 15) is 13.2 Å². The van der Waals surface area contributed by atoms with Crippen LogP contribution in [0.15, 0.2) is 59.7 Å². The highest BCUT2D eigenvalue weighted by atomic mass is 32.2. The summed E-state index contributed by atoms with van der Waals surface area (Å²) in [6, 6.07) is 13.0. The van der Waals surface area contributed by atoms with Crippen molar-refractivity contribution in [2.75, 3.05) is 6.26 Å².